The van der Waals surface area contributed by atoms with E-state index >= 15 is 0 Å². The molecule has 3 nitrogen and oxygen atoms in total. The van der Waals surface area contributed by atoms with Gasteiger partial charge in [-0.1, -0.05) is 18.2 Å². The smallest absolute Gasteiger partial charge is 0.0366 e. The summed E-state index contributed by atoms with van der Waals surface area (Å²) in [5.41, 5.74) is 12.4. The van der Waals surface area contributed by atoms with Crippen molar-refractivity contribution in [1.82, 2.24) is 4.90 Å². The fraction of sp³-hybridized carbons (Fsp3) is 0.400. The highest BCUT2D eigenvalue weighted by Crippen LogP contribution is 2.24. The third-order valence-corrected chi connectivity index (χ3v) is 5.14. The third kappa shape index (κ3) is 3.20. The molecule has 0 bridgehead atoms. The van der Waals surface area contributed by atoms with Gasteiger partial charge >= 0.3 is 0 Å². The number of hydrogen-bond acceptors (Lipinski definition) is 3. The van der Waals surface area contributed by atoms with Crippen molar-refractivity contribution in [2.45, 2.75) is 32.4 Å². The first-order valence-electron chi connectivity index (χ1n) is 8.71. The molecule has 1 saturated heterocycles. The van der Waals surface area contributed by atoms with E-state index in [1.807, 2.05) is 6.07 Å². The number of rotatable bonds is 3. The van der Waals surface area contributed by atoms with Crippen molar-refractivity contribution < 1.29 is 0 Å². The van der Waals surface area contributed by atoms with E-state index in [4.69, 9.17) is 5.73 Å². The predicted molar refractivity (Wildman–Crippen MR) is 96.6 cm³/mol. The van der Waals surface area contributed by atoms with Gasteiger partial charge in [-0.15, -0.1) is 0 Å². The van der Waals surface area contributed by atoms with Gasteiger partial charge in [0.05, 0.1) is 0 Å². The van der Waals surface area contributed by atoms with Gasteiger partial charge in [0.2, 0.25) is 0 Å². The summed E-state index contributed by atoms with van der Waals surface area (Å²) in [6.07, 6.45) is 3.77. The first kappa shape index (κ1) is 14.6. The van der Waals surface area contributed by atoms with Crippen molar-refractivity contribution in [3.63, 3.8) is 0 Å². The fourth-order valence-corrected chi connectivity index (χ4v) is 3.81. The quantitative estimate of drug-likeness (QED) is 0.882. The van der Waals surface area contributed by atoms with Crippen LogP contribution in [0.1, 0.15) is 29.5 Å². The van der Waals surface area contributed by atoms with Crippen LogP contribution in [0.4, 0.5) is 11.4 Å². The molecular weight excluding hydrogens is 282 g/mol. The molecule has 0 amide bonds. The number of fused-ring (bicyclic) bond motifs is 1. The Hall–Kier alpha value is -2.00. The van der Waals surface area contributed by atoms with Gasteiger partial charge in [0.1, 0.15) is 0 Å². The van der Waals surface area contributed by atoms with Gasteiger partial charge in [-0.25, -0.2) is 0 Å². The topological polar surface area (TPSA) is 32.5 Å². The molecule has 2 aliphatic rings. The van der Waals surface area contributed by atoms with Gasteiger partial charge in [0.25, 0.3) is 0 Å². The molecule has 4 rings (SSSR count). The van der Waals surface area contributed by atoms with Crippen LogP contribution in [-0.4, -0.2) is 24.5 Å². The molecule has 2 heterocycles. The normalized spacial score (nSPS) is 18.2. The Kier molecular flexibility index (Phi) is 3.96. The second kappa shape index (κ2) is 6.25. The van der Waals surface area contributed by atoms with E-state index in [1.54, 1.807) is 0 Å². The van der Waals surface area contributed by atoms with Gasteiger partial charge in [0, 0.05) is 44.1 Å². The predicted octanol–water partition coefficient (Wildman–Crippen LogP) is 3.43. The van der Waals surface area contributed by atoms with Gasteiger partial charge in [-0.05, 0) is 60.2 Å². The lowest BCUT2D eigenvalue weighted by Crippen LogP contribution is -2.30. The summed E-state index contributed by atoms with van der Waals surface area (Å²) in [4.78, 5) is 5.02. The minimum absolute atomic E-state index is 0.884. The number of anilines is 2. The largest absolute Gasteiger partial charge is 0.399 e. The SMILES string of the molecule is Nc1ccc2c(c1)CCN(Cc1ccc(N3CCCC3)cc1)C2. The average molecular weight is 307 g/mol. The zero-order valence-corrected chi connectivity index (χ0v) is 13.7. The summed E-state index contributed by atoms with van der Waals surface area (Å²) in [5.74, 6) is 0. The summed E-state index contributed by atoms with van der Waals surface area (Å²) < 4.78 is 0. The fourth-order valence-electron chi connectivity index (χ4n) is 3.81. The van der Waals surface area contributed by atoms with Crippen molar-refractivity contribution >= 4 is 11.4 Å². The van der Waals surface area contributed by atoms with Crippen molar-refractivity contribution in [2.75, 3.05) is 30.3 Å². The van der Waals surface area contributed by atoms with Gasteiger partial charge in [-0.3, -0.25) is 4.90 Å². The molecule has 0 saturated carbocycles. The first-order chi connectivity index (χ1) is 11.3. The van der Waals surface area contributed by atoms with Crippen LogP contribution in [0, 0.1) is 0 Å². The van der Waals surface area contributed by atoms with Gasteiger partial charge < -0.3 is 10.6 Å². The zero-order chi connectivity index (χ0) is 15.6. The van der Waals surface area contributed by atoms with Crippen LogP contribution in [0.5, 0.6) is 0 Å². The zero-order valence-electron chi connectivity index (χ0n) is 13.7. The van der Waals surface area contributed by atoms with E-state index in [2.05, 4.69) is 46.2 Å². The number of nitrogen functional groups attached to an aromatic ring is 1. The molecule has 2 aromatic rings. The van der Waals surface area contributed by atoms with Crippen LogP contribution in [0.15, 0.2) is 42.5 Å². The van der Waals surface area contributed by atoms with Gasteiger partial charge in [-0.2, -0.15) is 0 Å². The Morgan fingerprint density at radius 2 is 1.65 bits per heavy atom. The minimum atomic E-state index is 0.884. The molecule has 0 aliphatic carbocycles. The monoisotopic (exact) mass is 307 g/mol. The average Bonchev–Trinajstić information content (AvgIpc) is 3.10. The first-order valence-corrected chi connectivity index (χ1v) is 8.71. The Labute approximate surface area is 138 Å². The summed E-state index contributed by atoms with van der Waals surface area (Å²) >= 11 is 0. The van der Waals surface area contributed by atoms with Crippen LogP contribution in [0.3, 0.4) is 0 Å². The lowest BCUT2D eigenvalue weighted by Gasteiger charge is -2.29. The van der Waals surface area contributed by atoms with Crippen molar-refractivity contribution in [3.05, 3.63) is 59.2 Å². The van der Waals surface area contributed by atoms with E-state index in [0.29, 0.717) is 0 Å². The van der Waals surface area contributed by atoms with E-state index < -0.39 is 0 Å². The number of hydrogen-bond donors (Lipinski definition) is 1. The molecule has 0 aromatic heterocycles. The molecule has 2 aromatic carbocycles. The highest BCUT2D eigenvalue weighted by molar-refractivity contribution is 5.48. The van der Waals surface area contributed by atoms with Crippen LogP contribution in [0.25, 0.3) is 0 Å². The van der Waals surface area contributed by atoms with Crippen LogP contribution in [-0.2, 0) is 19.5 Å². The molecular formula is C20H25N3. The Balaban J connectivity index is 1.41. The van der Waals surface area contributed by atoms with Crippen LogP contribution < -0.4 is 10.6 Å². The lowest BCUT2D eigenvalue weighted by molar-refractivity contribution is 0.245. The van der Waals surface area contributed by atoms with Crippen LogP contribution in [0.2, 0.25) is 0 Å². The summed E-state index contributed by atoms with van der Waals surface area (Å²) in [6, 6.07) is 15.5. The summed E-state index contributed by atoms with van der Waals surface area (Å²) in [7, 11) is 0. The van der Waals surface area contributed by atoms with Gasteiger partial charge in [0.15, 0.2) is 0 Å². The van der Waals surface area contributed by atoms with Crippen LogP contribution >= 0.6 is 0 Å². The molecule has 23 heavy (non-hydrogen) atoms. The molecule has 1 fully saturated rings. The maximum Gasteiger partial charge on any atom is 0.0366 e. The third-order valence-electron chi connectivity index (χ3n) is 5.14. The molecule has 0 unspecified atom stereocenters. The second-order valence-electron chi connectivity index (χ2n) is 6.85. The van der Waals surface area contributed by atoms with E-state index in [-0.39, 0.29) is 0 Å². The van der Waals surface area contributed by atoms with E-state index in [0.717, 1.165) is 31.7 Å². The van der Waals surface area contributed by atoms with Crippen molar-refractivity contribution in [2.24, 2.45) is 0 Å². The van der Waals surface area contributed by atoms with Crippen molar-refractivity contribution in [1.29, 1.82) is 0 Å². The number of benzene rings is 2. The Morgan fingerprint density at radius 3 is 2.43 bits per heavy atom. The summed E-state index contributed by atoms with van der Waals surface area (Å²) in [6.45, 7) is 5.61. The van der Waals surface area contributed by atoms with Crippen molar-refractivity contribution in [3.8, 4) is 0 Å². The molecule has 120 valence electrons. The Bertz CT molecular complexity index is 672. The minimum Gasteiger partial charge on any atom is -0.399 e. The molecule has 2 N–H and O–H groups in total. The lowest BCUT2D eigenvalue weighted by atomic mass is 9.98. The van der Waals surface area contributed by atoms with E-state index in [1.165, 1.54) is 48.3 Å². The second-order valence-corrected chi connectivity index (χ2v) is 6.85. The standard InChI is InChI=1S/C20H25N3/c21-19-6-5-18-15-22(12-9-17(18)13-19)14-16-3-7-20(8-4-16)23-10-1-2-11-23/h3-8,13H,1-2,9-12,14-15,21H2. The highest BCUT2D eigenvalue weighted by Gasteiger charge is 2.17. The Morgan fingerprint density at radius 1 is 0.870 bits per heavy atom. The number of nitrogens with zero attached hydrogens (tertiary/aromatic N) is 2. The maximum atomic E-state index is 5.89. The number of nitrogens with two attached hydrogens (primary N) is 1. The molecule has 0 spiro atoms. The highest BCUT2D eigenvalue weighted by atomic mass is 15.1. The molecule has 0 radical (unpaired) electrons. The molecule has 3 heteroatoms. The maximum absolute atomic E-state index is 5.89. The molecule has 0 atom stereocenters. The van der Waals surface area contributed by atoms with E-state index in [9.17, 15) is 0 Å². The molecule has 2 aliphatic heterocycles. The summed E-state index contributed by atoms with van der Waals surface area (Å²) in [5, 5.41) is 0.